The highest BCUT2D eigenvalue weighted by Gasteiger charge is 2.11. The number of anilines is 2. The number of aryl methyl sites for hydroxylation is 1. The van der Waals surface area contributed by atoms with Crippen LogP contribution in [-0.2, 0) is 0 Å². The number of nitrogens with one attached hydrogen (secondary N) is 2. The predicted octanol–water partition coefficient (Wildman–Crippen LogP) is 4.40. The molecule has 1 aromatic heterocycles. The average molecular weight is 377 g/mol. The van der Waals surface area contributed by atoms with Crippen LogP contribution >= 0.6 is 15.9 Å². The zero-order chi connectivity index (χ0) is 16.7. The fraction of sp³-hybridized carbons (Fsp3) is 0.353. The molecule has 0 radical (unpaired) electrons. The molecule has 0 bridgehead atoms. The highest BCUT2D eigenvalue weighted by atomic mass is 79.9. The summed E-state index contributed by atoms with van der Waals surface area (Å²) in [5.74, 6) is 1.02. The minimum Gasteiger partial charge on any atom is -0.370 e. The third kappa shape index (κ3) is 5.63. The highest BCUT2D eigenvalue weighted by Crippen LogP contribution is 2.15. The van der Waals surface area contributed by atoms with E-state index in [-0.39, 0.29) is 5.91 Å². The SMILES string of the molecule is CCCCCNc1cc(C(=O)Nc2ccc(Br)cc2)nc(C)n1. The van der Waals surface area contributed by atoms with Gasteiger partial charge >= 0.3 is 0 Å². The first kappa shape index (κ1) is 17.4. The van der Waals surface area contributed by atoms with Crippen LogP contribution in [0.3, 0.4) is 0 Å². The molecular weight excluding hydrogens is 356 g/mol. The van der Waals surface area contributed by atoms with Crippen LogP contribution in [0, 0.1) is 6.92 Å². The van der Waals surface area contributed by atoms with Crippen molar-refractivity contribution in [2.45, 2.75) is 33.1 Å². The van der Waals surface area contributed by atoms with Gasteiger partial charge in [-0.15, -0.1) is 0 Å². The van der Waals surface area contributed by atoms with Crippen LogP contribution < -0.4 is 10.6 Å². The number of benzene rings is 1. The fourth-order valence-corrected chi connectivity index (χ4v) is 2.36. The van der Waals surface area contributed by atoms with E-state index in [2.05, 4.69) is 43.5 Å². The summed E-state index contributed by atoms with van der Waals surface area (Å²) in [7, 11) is 0. The van der Waals surface area contributed by atoms with Gasteiger partial charge in [-0.1, -0.05) is 35.7 Å². The lowest BCUT2D eigenvalue weighted by atomic mass is 10.2. The molecule has 0 spiro atoms. The third-order valence-electron chi connectivity index (χ3n) is 3.26. The molecule has 122 valence electrons. The molecule has 0 aliphatic heterocycles. The summed E-state index contributed by atoms with van der Waals surface area (Å²) in [6, 6.07) is 9.11. The first-order valence-corrected chi connectivity index (χ1v) is 8.54. The largest absolute Gasteiger partial charge is 0.370 e. The standard InChI is InChI=1S/C17H21BrN4O/c1-3-4-5-10-19-16-11-15(20-12(2)21-16)17(23)22-14-8-6-13(18)7-9-14/h6-9,11H,3-5,10H2,1-2H3,(H,22,23)(H,19,20,21). The lowest BCUT2D eigenvalue weighted by Gasteiger charge is -2.09. The first-order chi connectivity index (χ1) is 11.1. The van der Waals surface area contributed by atoms with Crippen molar-refractivity contribution in [2.24, 2.45) is 0 Å². The molecule has 0 aliphatic rings. The Labute approximate surface area is 145 Å². The molecule has 2 N–H and O–H groups in total. The molecule has 2 aromatic rings. The molecule has 5 nitrogen and oxygen atoms in total. The molecule has 1 heterocycles. The molecule has 0 fully saturated rings. The van der Waals surface area contributed by atoms with Gasteiger partial charge in [0.15, 0.2) is 0 Å². The van der Waals surface area contributed by atoms with Crippen molar-refractivity contribution < 1.29 is 4.79 Å². The van der Waals surface area contributed by atoms with E-state index in [0.29, 0.717) is 17.3 Å². The Morgan fingerprint density at radius 1 is 1.17 bits per heavy atom. The van der Waals surface area contributed by atoms with Crippen molar-refractivity contribution in [3.05, 3.63) is 46.3 Å². The zero-order valence-electron chi connectivity index (χ0n) is 13.4. The topological polar surface area (TPSA) is 66.9 Å². The van der Waals surface area contributed by atoms with Crippen molar-refractivity contribution >= 4 is 33.3 Å². The molecule has 0 unspecified atom stereocenters. The summed E-state index contributed by atoms with van der Waals surface area (Å²) in [6.45, 7) is 4.80. The van der Waals surface area contributed by atoms with E-state index < -0.39 is 0 Å². The van der Waals surface area contributed by atoms with Gasteiger partial charge in [0.2, 0.25) is 0 Å². The second-order valence-corrected chi connectivity index (χ2v) is 6.20. The first-order valence-electron chi connectivity index (χ1n) is 7.75. The van der Waals surface area contributed by atoms with Crippen LogP contribution in [0.2, 0.25) is 0 Å². The van der Waals surface area contributed by atoms with Gasteiger partial charge in [0.05, 0.1) is 0 Å². The van der Waals surface area contributed by atoms with Crippen LogP contribution in [0.5, 0.6) is 0 Å². The van der Waals surface area contributed by atoms with Crippen LogP contribution in [0.1, 0.15) is 42.5 Å². The number of rotatable bonds is 7. The molecule has 0 saturated carbocycles. The quantitative estimate of drug-likeness (QED) is 0.702. The minimum atomic E-state index is -0.241. The number of aromatic nitrogens is 2. The Balaban J connectivity index is 2.04. The molecule has 1 amide bonds. The van der Waals surface area contributed by atoms with Gasteiger partial charge in [-0.2, -0.15) is 0 Å². The van der Waals surface area contributed by atoms with Crippen molar-refractivity contribution in [3.63, 3.8) is 0 Å². The van der Waals surface area contributed by atoms with Crippen LogP contribution in [-0.4, -0.2) is 22.4 Å². The van der Waals surface area contributed by atoms with Crippen molar-refractivity contribution in [1.82, 2.24) is 9.97 Å². The maximum Gasteiger partial charge on any atom is 0.274 e. The van der Waals surface area contributed by atoms with Crippen molar-refractivity contribution in [1.29, 1.82) is 0 Å². The Bertz CT molecular complexity index is 658. The van der Waals surface area contributed by atoms with Crippen molar-refractivity contribution in [3.8, 4) is 0 Å². The second kappa shape index (κ2) is 8.62. The summed E-state index contributed by atoms with van der Waals surface area (Å²) in [5.41, 5.74) is 1.09. The van der Waals surface area contributed by atoms with E-state index in [1.54, 1.807) is 13.0 Å². The van der Waals surface area contributed by atoms with Crippen molar-refractivity contribution in [2.75, 3.05) is 17.2 Å². The van der Waals surface area contributed by atoms with E-state index >= 15 is 0 Å². The number of unbranched alkanes of at least 4 members (excludes halogenated alkanes) is 2. The summed E-state index contributed by atoms with van der Waals surface area (Å²) >= 11 is 3.37. The molecule has 0 atom stereocenters. The maximum absolute atomic E-state index is 12.3. The molecule has 6 heteroatoms. The van der Waals surface area contributed by atoms with Crippen LogP contribution in [0.4, 0.5) is 11.5 Å². The molecular formula is C17H21BrN4O. The number of hydrogen-bond acceptors (Lipinski definition) is 4. The van der Waals surface area contributed by atoms with E-state index in [4.69, 9.17) is 0 Å². The fourth-order valence-electron chi connectivity index (χ4n) is 2.09. The Morgan fingerprint density at radius 2 is 1.91 bits per heavy atom. The van der Waals surface area contributed by atoms with E-state index in [1.165, 1.54) is 12.8 Å². The van der Waals surface area contributed by atoms with Gasteiger partial charge in [-0.3, -0.25) is 4.79 Å². The Kier molecular flexibility index (Phi) is 6.52. The van der Waals surface area contributed by atoms with Gasteiger partial charge in [-0.05, 0) is 37.6 Å². The van der Waals surface area contributed by atoms with Gasteiger partial charge in [0.1, 0.15) is 17.3 Å². The molecule has 2 rings (SSSR count). The normalized spacial score (nSPS) is 10.4. The summed E-state index contributed by atoms with van der Waals surface area (Å²) < 4.78 is 0.965. The highest BCUT2D eigenvalue weighted by molar-refractivity contribution is 9.10. The second-order valence-electron chi connectivity index (χ2n) is 5.28. The molecule has 1 aromatic carbocycles. The number of carbonyl (C=O) groups is 1. The summed E-state index contributed by atoms with van der Waals surface area (Å²) in [4.78, 5) is 20.9. The number of nitrogens with zero attached hydrogens (tertiary/aromatic N) is 2. The summed E-state index contributed by atoms with van der Waals surface area (Å²) in [5, 5.41) is 6.09. The van der Waals surface area contributed by atoms with Gasteiger partial charge in [0.25, 0.3) is 5.91 Å². The Hall–Kier alpha value is -1.95. The van der Waals surface area contributed by atoms with Gasteiger partial charge in [-0.25, -0.2) is 9.97 Å². The number of halogens is 1. The third-order valence-corrected chi connectivity index (χ3v) is 3.79. The van der Waals surface area contributed by atoms with Crippen LogP contribution in [0.25, 0.3) is 0 Å². The van der Waals surface area contributed by atoms with E-state index in [1.807, 2.05) is 24.3 Å². The van der Waals surface area contributed by atoms with Crippen LogP contribution in [0.15, 0.2) is 34.8 Å². The lowest BCUT2D eigenvalue weighted by Crippen LogP contribution is -2.16. The smallest absolute Gasteiger partial charge is 0.274 e. The molecule has 0 aliphatic carbocycles. The van der Waals surface area contributed by atoms with E-state index in [9.17, 15) is 4.79 Å². The number of carbonyl (C=O) groups excluding carboxylic acids is 1. The molecule has 0 saturated heterocycles. The van der Waals surface area contributed by atoms with E-state index in [0.717, 1.165) is 23.1 Å². The van der Waals surface area contributed by atoms with Gasteiger partial charge in [0, 0.05) is 22.8 Å². The number of hydrogen-bond donors (Lipinski definition) is 2. The molecule has 23 heavy (non-hydrogen) atoms. The summed E-state index contributed by atoms with van der Waals surface area (Å²) in [6.07, 6.45) is 3.43. The lowest BCUT2D eigenvalue weighted by molar-refractivity contribution is 0.102. The number of amides is 1. The minimum absolute atomic E-state index is 0.241. The predicted molar refractivity (Wildman–Crippen MR) is 96.9 cm³/mol. The monoisotopic (exact) mass is 376 g/mol. The maximum atomic E-state index is 12.3. The average Bonchev–Trinajstić information content (AvgIpc) is 2.53. The van der Waals surface area contributed by atoms with Gasteiger partial charge < -0.3 is 10.6 Å². The Morgan fingerprint density at radius 3 is 2.61 bits per heavy atom. The zero-order valence-corrected chi connectivity index (χ0v) is 15.0.